The molecule has 1 aromatic carbocycles. The zero-order valence-electron chi connectivity index (χ0n) is 16.9. The van der Waals surface area contributed by atoms with E-state index in [9.17, 15) is 4.79 Å². The number of hydrogen-bond acceptors (Lipinski definition) is 4. The van der Waals surface area contributed by atoms with Gasteiger partial charge in [-0.3, -0.25) is 9.78 Å². The van der Waals surface area contributed by atoms with Crippen molar-refractivity contribution in [1.29, 1.82) is 0 Å². The fourth-order valence-corrected chi connectivity index (χ4v) is 2.79. The van der Waals surface area contributed by atoms with Crippen LogP contribution in [0, 0.1) is 0 Å². The van der Waals surface area contributed by atoms with Crippen LogP contribution in [0.4, 0.5) is 5.69 Å². The number of rotatable bonds is 6. The lowest BCUT2D eigenvalue weighted by Gasteiger charge is -2.10. The molecule has 0 unspecified atom stereocenters. The van der Waals surface area contributed by atoms with Gasteiger partial charge in [-0.15, -0.1) is 0 Å². The van der Waals surface area contributed by atoms with E-state index in [0.717, 1.165) is 28.5 Å². The van der Waals surface area contributed by atoms with Crippen LogP contribution in [0.25, 0.3) is 10.9 Å². The summed E-state index contributed by atoms with van der Waals surface area (Å²) in [4.78, 5) is 24.9. The van der Waals surface area contributed by atoms with Gasteiger partial charge in [0.1, 0.15) is 5.70 Å². The quantitative estimate of drug-likeness (QED) is 0.428. The van der Waals surface area contributed by atoms with E-state index in [1.54, 1.807) is 19.3 Å². The maximum absolute atomic E-state index is 13.0. The van der Waals surface area contributed by atoms with E-state index in [1.165, 1.54) is 0 Å². The molecular weight excluding hydrogens is 362 g/mol. The molecule has 0 aliphatic rings. The minimum absolute atomic E-state index is 0.179. The maximum Gasteiger partial charge on any atom is 0.276 e. The number of nitrogens with one attached hydrogen (secondary N) is 2. The Kier molecular flexibility index (Phi) is 6.24. The number of nitrogens with two attached hydrogens (primary N) is 1. The molecule has 0 aliphatic heterocycles. The molecule has 0 bridgehead atoms. The normalized spacial score (nSPS) is 13.3. The number of carbonyl (C=O) groups excluding carboxylic acids is 1. The van der Waals surface area contributed by atoms with Gasteiger partial charge in [0.25, 0.3) is 5.91 Å². The molecule has 0 spiro atoms. The van der Waals surface area contributed by atoms with Crippen LogP contribution in [-0.4, -0.2) is 21.6 Å². The second kappa shape index (κ2) is 9.01. The number of aromatic nitrogens is 2. The summed E-state index contributed by atoms with van der Waals surface area (Å²) in [6.45, 7) is 5.77. The van der Waals surface area contributed by atoms with Crippen molar-refractivity contribution in [2.45, 2.75) is 27.2 Å². The Morgan fingerprint density at radius 3 is 2.79 bits per heavy atom. The van der Waals surface area contributed by atoms with Crippen molar-refractivity contribution in [2.24, 2.45) is 10.7 Å². The molecule has 0 aliphatic carbocycles. The Labute approximate surface area is 170 Å². The zero-order chi connectivity index (χ0) is 20.8. The number of amides is 1. The number of aliphatic imine (C=N–C) groups is 1. The number of pyridine rings is 1. The Morgan fingerprint density at radius 1 is 1.28 bits per heavy atom. The van der Waals surface area contributed by atoms with Crippen molar-refractivity contribution in [2.75, 3.05) is 5.32 Å². The van der Waals surface area contributed by atoms with Crippen LogP contribution < -0.4 is 11.1 Å². The Bertz CT molecular complexity index is 1100. The molecular formula is C23H25N5O. The first-order valence-corrected chi connectivity index (χ1v) is 9.49. The lowest BCUT2D eigenvalue weighted by molar-refractivity contribution is -0.112. The second-order valence-electron chi connectivity index (χ2n) is 6.85. The molecule has 1 amide bonds. The number of hydrogen-bond donors (Lipinski definition) is 3. The highest BCUT2D eigenvalue weighted by Crippen LogP contribution is 2.19. The van der Waals surface area contributed by atoms with Crippen LogP contribution in [0.15, 0.2) is 83.0 Å². The van der Waals surface area contributed by atoms with Crippen molar-refractivity contribution in [3.8, 4) is 0 Å². The standard InChI is InChI=1S/C23H25N5O/c1-4-15(2)12-21(18-6-5-10-25-14-18)28-22(16(3)24)23(29)27-19-7-8-20-17(13-19)9-11-26-20/h5-14,26H,4,24H2,1-3H3,(H,27,29)/b15-12+,22-16+,28-21-. The lowest BCUT2D eigenvalue weighted by atomic mass is 10.1. The molecule has 0 saturated heterocycles. The van der Waals surface area contributed by atoms with Gasteiger partial charge in [0, 0.05) is 46.4 Å². The number of anilines is 1. The predicted molar refractivity (Wildman–Crippen MR) is 119 cm³/mol. The van der Waals surface area contributed by atoms with Crippen LogP contribution in [0.1, 0.15) is 32.8 Å². The van der Waals surface area contributed by atoms with E-state index in [2.05, 4.69) is 27.2 Å². The Balaban J connectivity index is 1.96. The fourth-order valence-electron chi connectivity index (χ4n) is 2.79. The molecule has 0 saturated carbocycles. The van der Waals surface area contributed by atoms with E-state index < -0.39 is 0 Å². The predicted octanol–water partition coefficient (Wildman–Crippen LogP) is 4.54. The van der Waals surface area contributed by atoms with Gasteiger partial charge < -0.3 is 16.0 Å². The topological polar surface area (TPSA) is 96.2 Å². The molecule has 29 heavy (non-hydrogen) atoms. The van der Waals surface area contributed by atoms with Crippen LogP contribution in [0.2, 0.25) is 0 Å². The third-order valence-electron chi connectivity index (χ3n) is 4.53. The summed E-state index contributed by atoms with van der Waals surface area (Å²) in [6, 6.07) is 11.4. The van der Waals surface area contributed by atoms with Gasteiger partial charge in [-0.2, -0.15) is 0 Å². The number of carbonyl (C=O) groups is 1. The van der Waals surface area contributed by atoms with Gasteiger partial charge in [-0.25, -0.2) is 4.99 Å². The molecule has 3 rings (SSSR count). The van der Waals surface area contributed by atoms with Crippen LogP contribution in [0.3, 0.4) is 0 Å². The smallest absolute Gasteiger partial charge is 0.276 e. The molecule has 4 N–H and O–H groups in total. The van der Waals surface area contributed by atoms with Crippen molar-refractivity contribution in [3.63, 3.8) is 0 Å². The number of fused-ring (bicyclic) bond motifs is 1. The van der Waals surface area contributed by atoms with Gasteiger partial charge in [-0.1, -0.05) is 12.5 Å². The van der Waals surface area contributed by atoms with Crippen molar-refractivity contribution in [1.82, 2.24) is 9.97 Å². The average Bonchev–Trinajstić information content (AvgIpc) is 3.19. The van der Waals surface area contributed by atoms with Crippen LogP contribution >= 0.6 is 0 Å². The summed E-state index contributed by atoms with van der Waals surface area (Å²) in [5.41, 5.74) is 10.8. The van der Waals surface area contributed by atoms with Crippen LogP contribution in [0.5, 0.6) is 0 Å². The summed E-state index contributed by atoms with van der Waals surface area (Å²) < 4.78 is 0. The minimum Gasteiger partial charge on any atom is -0.400 e. The van der Waals surface area contributed by atoms with Crippen LogP contribution in [-0.2, 0) is 4.79 Å². The SMILES string of the molecule is CC/C(C)=C/C(=N/C(C(=O)Nc1ccc2[nH]ccc2c1)=C(\C)N)c1cccnc1. The third kappa shape index (κ3) is 4.99. The maximum atomic E-state index is 13.0. The lowest BCUT2D eigenvalue weighted by Crippen LogP contribution is -2.18. The average molecular weight is 387 g/mol. The van der Waals surface area contributed by atoms with E-state index >= 15 is 0 Å². The third-order valence-corrected chi connectivity index (χ3v) is 4.53. The largest absolute Gasteiger partial charge is 0.400 e. The molecule has 6 nitrogen and oxygen atoms in total. The van der Waals surface area contributed by atoms with Crippen molar-refractivity contribution in [3.05, 3.63) is 83.6 Å². The van der Waals surface area contributed by atoms with Crippen molar-refractivity contribution >= 4 is 28.2 Å². The summed E-state index contributed by atoms with van der Waals surface area (Å²) >= 11 is 0. The highest BCUT2D eigenvalue weighted by atomic mass is 16.2. The van der Waals surface area contributed by atoms with Gasteiger partial charge in [0.2, 0.25) is 0 Å². The summed E-state index contributed by atoms with van der Waals surface area (Å²) in [5.74, 6) is -0.358. The Morgan fingerprint density at radius 2 is 2.10 bits per heavy atom. The minimum atomic E-state index is -0.358. The molecule has 0 radical (unpaired) electrons. The highest BCUT2D eigenvalue weighted by Gasteiger charge is 2.14. The highest BCUT2D eigenvalue weighted by molar-refractivity contribution is 6.13. The van der Waals surface area contributed by atoms with Gasteiger partial charge in [-0.05, 0) is 62.7 Å². The summed E-state index contributed by atoms with van der Waals surface area (Å²) in [5, 5.41) is 3.91. The monoisotopic (exact) mass is 387 g/mol. The summed E-state index contributed by atoms with van der Waals surface area (Å²) in [7, 11) is 0. The first-order chi connectivity index (χ1) is 14.0. The van der Waals surface area contributed by atoms with Gasteiger partial charge in [0.05, 0.1) is 5.71 Å². The number of allylic oxidation sites excluding steroid dienone is 3. The first-order valence-electron chi connectivity index (χ1n) is 9.49. The van der Waals surface area contributed by atoms with Crippen molar-refractivity contribution < 1.29 is 4.79 Å². The van der Waals surface area contributed by atoms with Gasteiger partial charge in [0.15, 0.2) is 0 Å². The first kappa shape index (κ1) is 20.1. The van der Waals surface area contributed by atoms with E-state index in [0.29, 0.717) is 17.1 Å². The molecule has 3 aromatic rings. The zero-order valence-corrected chi connectivity index (χ0v) is 16.9. The molecule has 0 fully saturated rings. The number of H-pyrrole nitrogens is 1. The number of aromatic amines is 1. The molecule has 6 heteroatoms. The molecule has 2 heterocycles. The Hall–Kier alpha value is -3.67. The summed E-state index contributed by atoms with van der Waals surface area (Å²) in [6.07, 6.45) is 8.12. The molecule has 0 atom stereocenters. The van der Waals surface area contributed by atoms with E-state index in [4.69, 9.17) is 5.73 Å². The van der Waals surface area contributed by atoms with E-state index in [-0.39, 0.29) is 11.6 Å². The second-order valence-corrected chi connectivity index (χ2v) is 6.85. The number of nitrogens with zero attached hydrogens (tertiary/aromatic N) is 2. The molecule has 148 valence electrons. The van der Waals surface area contributed by atoms with E-state index in [1.807, 2.05) is 55.6 Å². The van der Waals surface area contributed by atoms with Gasteiger partial charge >= 0.3 is 0 Å². The molecule has 2 aromatic heterocycles. The fraction of sp³-hybridized carbons (Fsp3) is 0.174. The number of benzene rings is 1.